The van der Waals surface area contributed by atoms with Gasteiger partial charge in [-0.2, -0.15) is 4.68 Å². The minimum atomic E-state index is 0.731. The molecular weight excluding hydrogens is 306 g/mol. The van der Waals surface area contributed by atoms with E-state index in [-0.39, 0.29) is 0 Å². The van der Waals surface area contributed by atoms with Crippen LogP contribution in [0.1, 0.15) is 16.7 Å². The van der Waals surface area contributed by atoms with Gasteiger partial charge in [-0.25, -0.2) is 4.98 Å². The average molecular weight is 321 g/mol. The number of rotatable bonds is 2. The molecule has 0 saturated heterocycles. The topological polar surface area (TPSA) is 56.5 Å². The van der Waals surface area contributed by atoms with Crippen molar-refractivity contribution in [2.75, 3.05) is 0 Å². The highest BCUT2D eigenvalue weighted by Crippen LogP contribution is 2.28. The number of hydrogen-bond donors (Lipinski definition) is 0. The van der Waals surface area contributed by atoms with Gasteiger partial charge in [0, 0.05) is 5.56 Å². The minimum absolute atomic E-state index is 0.731. The van der Waals surface area contributed by atoms with Gasteiger partial charge in [0.25, 0.3) is 0 Å². The van der Waals surface area contributed by atoms with Crippen LogP contribution in [0.25, 0.3) is 27.3 Å². The number of thiazole rings is 1. The van der Waals surface area contributed by atoms with Crippen molar-refractivity contribution in [3.63, 3.8) is 0 Å². The zero-order valence-corrected chi connectivity index (χ0v) is 13.9. The van der Waals surface area contributed by atoms with Crippen molar-refractivity contribution in [1.82, 2.24) is 25.2 Å². The van der Waals surface area contributed by atoms with Crippen LogP contribution >= 0.6 is 11.3 Å². The van der Waals surface area contributed by atoms with Crippen LogP contribution in [0.5, 0.6) is 0 Å². The largest absolute Gasteiger partial charge is 0.245 e. The fourth-order valence-corrected chi connectivity index (χ4v) is 3.68. The maximum atomic E-state index is 4.38. The number of nitrogens with zero attached hydrogens (tertiary/aromatic N) is 5. The average Bonchev–Trinajstić information content (AvgIpc) is 3.13. The highest BCUT2D eigenvalue weighted by atomic mass is 32.1. The molecule has 0 aliphatic carbocycles. The second-order valence-electron chi connectivity index (χ2n) is 5.70. The highest BCUT2D eigenvalue weighted by Gasteiger charge is 2.15. The quantitative estimate of drug-likeness (QED) is 0.562. The van der Waals surface area contributed by atoms with Gasteiger partial charge >= 0.3 is 0 Å². The Kier molecular flexibility index (Phi) is 3.20. The monoisotopic (exact) mass is 321 g/mol. The Bertz CT molecular complexity index is 992. The summed E-state index contributed by atoms with van der Waals surface area (Å²) in [6.45, 7) is 6.27. The Labute approximate surface area is 137 Å². The summed E-state index contributed by atoms with van der Waals surface area (Å²) in [4.78, 5) is 4.38. The second kappa shape index (κ2) is 5.24. The van der Waals surface area contributed by atoms with Gasteiger partial charge < -0.3 is 0 Å². The van der Waals surface area contributed by atoms with E-state index in [2.05, 4.69) is 59.5 Å². The molecular formula is C17H15N5S. The molecule has 23 heavy (non-hydrogen) atoms. The Morgan fingerprint density at radius 1 is 1.00 bits per heavy atom. The Morgan fingerprint density at radius 2 is 1.78 bits per heavy atom. The molecule has 2 aromatic carbocycles. The SMILES string of the molecule is Cc1cc(C)c(-n2nnnc2-c2ccc3scnc3c2)c(C)c1. The fourth-order valence-electron chi connectivity index (χ4n) is 3.02. The van der Waals surface area contributed by atoms with Gasteiger partial charge in [-0.1, -0.05) is 17.7 Å². The molecule has 4 rings (SSSR count). The van der Waals surface area contributed by atoms with Crippen molar-refractivity contribution in [1.29, 1.82) is 0 Å². The van der Waals surface area contributed by atoms with Crippen LogP contribution in [0.4, 0.5) is 0 Å². The summed E-state index contributed by atoms with van der Waals surface area (Å²) in [5, 5.41) is 12.3. The smallest absolute Gasteiger partial charge is 0.187 e. The van der Waals surface area contributed by atoms with Gasteiger partial charge in [0.1, 0.15) is 0 Å². The molecule has 6 heteroatoms. The number of tetrazole rings is 1. The molecule has 0 fully saturated rings. The van der Waals surface area contributed by atoms with Crippen molar-refractivity contribution in [2.24, 2.45) is 0 Å². The van der Waals surface area contributed by atoms with E-state index in [4.69, 9.17) is 0 Å². The molecule has 2 aromatic heterocycles. The van der Waals surface area contributed by atoms with E-state index < -0.39 is 0 Å². The number of fused-ring (bicyclic) bond motifs is 1. The Morgan fingerprint density at radius 3 is 2.57 bits per heavy atom. The Balaban J connectivity index is 1.92. The third-order valence-corrected chi connectivity index (χ3v) is 4.72. The molecule has 0 spiro atoms. The van der Waals surface area contributed by atoms with Crippen LogP contribution in [0.2, 0.25) is 0 Å². The summed E-state index contributed by atoms with van der Waals surface area (Å²) >= 11 is 1.63. The van der Waals surface area contributed by atoms with Crippen molar-refractivity contribution >= 4 is 21.6 Å². The van der Waals surface area contributed by atoms with Gasteiger partial charge in [0.2, 0.25) is 0 Å². The van der Waals surface area contributed by atoms with E-state index in [9.17, 15) is 0 Å². The lowest BCUT2D eigenvalue weighted by atomic mass is 10.0. The molecule has 0 aliphatic heterocycles. The molecule has 114 valence electrons. The lowest BCUT2D eigenvalue weighted by Crippen LogP contribution is -2.05. The zero-order chi connectivity index (χ0) is 16.0. The zero-order valence-electron chi connectivity index (χ0n) is 13.1. The first-order valence-electron chi connectivity index (χ1n) is 7.34. The fraction of sp³-hybridized carbons (Fsp3) is 0.176. The lowest BCUT2D eigenvalue weighted by molar-refractivity contribution is 0.783. The minimum Gasteiger partial charge on any atom is -0.245 e. The summed E-state index contributed by atoms with van der Waals surface area (Å²) in [6.07, 6.45) is 0. The van der Waals surface area contributed by atoms with E-state index in [0.29, 0.717) is 0 Å². The molecule has 0 amide bonds. The van der Waals surface area contributed by atoms with Crippen molar-refractivity contribution in [3.05, 3.63) is 52.5 Å². The predicted octanol–water partition coefficient (Wildman–Crippen LogP) is 3.86. The van der Waals surface area contributed by atoms with Crippen LogP contribution < -0.4 is 0 Å². The third-order valence-electron chi connectivity index (χ3n) is 3.91. The summed E-state index contributed by atoms with van der Waals surface area (Å²) in [6, 6.07) is 10.4. The van der Waals surface area contributed by atoms with Crippen LogP contribution in [0.15, 0.2) is 35.8 Å². The molecule has 0 radical (unpaired) electrons. The molecule has 0 N–H and O–H groups in total. The van der Waals surface area contributed by atoms with Crippen molar-refractivity contribution < 1.29 is 0 Å². The van der Waals surface area contributed by atoms with Crippen LogP contribution in [0.3, 0.4) is 0 Å². The van der Waals surface area contributed by atoms with Crippen LogP contribution in [0, 0.1) is 20.8 Å². The van der Waals surface area contributed by atoms with Crippen molar-refractivity contribution in [2.45, 2.75) is 20.8 Å². The predicted molar refractivity (Wildman–Crippen MR) is 92.0 cm³/mol. The lowest BCUT2D eigenvalue weighted by Gasteiger charge is -2.12. The van der Waals surface area contributed by atoms with Gasteiger partial charge in [0.05, 0.1) is 21.4 Å². The molecule has 0 bridgehead atoms. The number of aromatic nitrogens is 5. The molecule has 5 nitrogen and oxygen atoms in total. The van der Waals surface area contributed by atoms with Gasteiger partial charge in [-0.05, 0) is 60.5 Å². The third kappa shape index (κ3) is 2.31. The van der Waals surface area contributed by atoms with Crippen molar-refractivity contribution in [3.8, 4) is 17.1 Å². The summed E-state index contributed by atoms with van der Waals surface area (Å²) in [5.74, 6) is 0.731. The maximum Gasteiger partial charge on any atom is 0.187 e. The first-order valence-corrected chi connectivity index (χ1v) is 8.21. The van der Waals surface area contributed by atoms with Gasteiger partial charge in [-0.3, -0.25) is 0 Å². The summed E-state index contributed by atoms with van der Waals surface area (Å²) in [7, 11) is 0. The first-order chi connectivity index (χ1) is 11.1. The van der Waals surface area contributed by atoms with E-state index in [1.807, 2.05) is 22.3 Å². The van der Waals surface area contributed by atoms with Crippen LogP contribution in [-0.2, 0) is 0 Å². The highest BCUT2D eigenvalue weighted by molar-refractivity contribution is 7.16. The molecule has 4 aromatic rings. The first kappa shape index (κ1) is 14.0. The second-order valence-corrected chi connectivity index (χ2v) is 6.58. The molecule has 0 atom stereocenters. The number of benzene rings is 2. The maximum absolute atomic E-state index is 4.38. The van der Waals surface area contributed by atoms with E-state index >= 15 is 0 Å². The normalized spacial score (nSPS) is 11.3. The number of aryl methyl sites for hydroxylation is 3. The van der Waals surface area contributed by atoms with Gasteiger partial charge in [0.15, 0.2) is 5.82 Å². The van der Waals surface area contributed by atoms with Gasteiger partial charge in [-0.15, -0.1) is 16.4 Å². The standard InChI is InChI=1S/C17H15N5S/c1-10-6-11(2)16(12(3)7-10)22-17(19-20-21-22)13-4-5-15-14(8-13)18-9-23-15/h4-9H,1-3H3. The molecule has 2 heterocycles. The van der Waals surface area contributed by atoms with Crippen LogP contribution in [-0.4, -0.2) is 25.2 Å². The molecule has 0 unspecified atom stereocenters. The van der Waals surface area contributed by atoms with E-state index in [0.717, 1.165) is 38.4 Å². The Hall–Kier alpha value is -2.60. The van der Waals surface area contributed by atoms with E-state index in [1.165, 1.54) is 5.56 Å². The summed E-state index contributed by atoms with van der Waals surface area (Å²) in [5.41, 5.74) is 8.38. The van der Waals surface area contributed by atoms with E-state index in [1.54, 1.807) is 11.3 Å². The molecule has 0 aliphatic rings. The number of hydrogen-bond acceptors (Lipinski definition) is 5. The molecule has 0 saturated carbocycles. The summed E-state index contributed by atoms with van der Waals surface area (Å²) < 4.78 is 2.98.